The monoisotopic (exact) mass is 203 g/mol. The van der Waals surface area contributed by atoms with E-state index in [0.717, 1.165) is 10.9 Å². The van der Waals surface area contributed by atoms with Crippen LogP contribution in [0.3, 0.4) is 0 Å². The van der Waals surface area contributed by atoms with Gasteiger partial charge in [-0.1, -0.05) is 11.8 Å². The van der Waals surface area contributed by atoms with Crippen LogP contribution >= 0.6 is 11.8 Å². The summed E-state index contributed by atoms with van der Waals surface area (Å²) in [4.78, 5) is 0. The van der Waals surface area contributed by atoms with Crippen molar-refractivity contribution in [3.05, 3.63) is 0 Å². The number of hydrogen-bond acceptors (Lipinski definition) is 6. The molecule has 1 rings (SSSR count). The van der Waals surface area contributed by atoms with Gasteiger partial charge in [0.2, 0.25) is 5.16 Å². The molecule has 1 aromatic rings. The minimum atomic E-state index is 0.545. The van der Waals surface area contributed by atoms with E-state index in [1.807, 2.05) is 0 Å². The molecular weight excluding hydrogens is 190 g/mol. The molecule has 0 radical (unpaired) electrons. The van der Waals surface area contributed by atoms with Crippen LogP contribution in [-0.4, -0.2) is 46.2 Å². The number of nitrogens with zero attached hydrogens (tertiary/aromatic N) is 4. The van der Waals surface area contributed by atoms with Gasteiger partial charge in [-0.15, -0.1) is 5.10 Å². The normalized spacial score (nSPS) is 10.6. The lowest BCUT2D eigenvalue weighted by atomic mass is 10.7. The van der Waals surface area contributed by atoms with Crippen molar-refractivity contribution in [3.63, 3.8) is 0 Å². The van der Waals surface area contributed by atoms with Crippen LogP contribution < -0.4 is 5.73 Å². The minimum Gasteiger partial charge on any atom is -0.384 e. The molecule has 0 spiro atoms. The highest BCUT2D eigenvalue weighted by molar-refractivity contribution is 7.99. The largest absolute Gasteiger partial charge is 0.384 e. The van der Waals surface area contributed by atoms with Gasteiger partial charge >= 0.3 is 0 Å². The topological polar surface area (TPSA) is 78.9 Å². The van der Waals surface area contributed by atoms with Gasteiger partial charge in [-0.05, 0) is 10.4 Å². The number of methoxy groups -OCH3 is 1. The highest BCUT2D eigenvalue weighted by atomic mass is 32.2. The van der Waals surface area contributed by atoms with Crippen LogP contribution in [0.5, 0.6) is 0 Å². The summed E-state index contributed by atoms with van der Waals surface area (Å²) in [5.74, 6) is 0.849. The van der Waals surface area contributed by atoms with E-state index >= 15 is 0 Å². The van der Waals surface area contributed by atoms with E-state index in [9.17, 15) is 0 Å². The maximum Gasteiger partial charge on any atom is 0.209 e. The summed E-state index contributed by atoms with van der Waals surface area (Å²) >= 11 is 1.56. The Kier molecular flexibility index (Phi) is 4.73. The predicted octanol–water partition coefficient (Wildman–Crippen LogP) is -0.630. The van der Waals surface area contributed by atoms with Crippen LogP contribution in [0, 0.1) is 0 Å². The predicted molar refractivity (Wildman–Crippen MR) is 49.5 cm³/mol. The van der Waals surface area contributed by atoms with Crippen LogP contribution in [0.15, 0.2) is 5.16 Å². The number of tetrazole rings is 1. The number of aromatic nitrogens is 4. The zero-order valence-corrected chi connectivity index (χ0v) is 8.33. The molecule has 0 aliphatic rings. The highest BCUT2D eigenvalue weighted by Crippen LogP contribution is 2.12. The SMILES string of the molecule is COCCSc1nnnn1CCN. The Hall–Kier alpha value is -0.660. The lowest BCUT2D eigenvalue weighted by Gasteiger charge is -2.00. The Morgan fingerprint density at radius 2 is 2.46 bits per heavy atom. The van der Waals surface area contributed by atoms with Crippen LogP contribution in [0.2, 0.25) is 0 Å². The average molecular weight is 203 g/mol. The van der Waals surface area contributed by atoms with Gasteiger partial charge in [-0.2, -0.15) is 0 Å². The van der Waals surface area contributed by atoms with E-state index in [2.05, 4.69) is 15.5 Å². The fourth-order valence-corrected chi connectivity index (χ4v) is 1.58. The van der Waals surface area contributed by atoms with Crippen molar-refractivity contribution in [1.82, 2.24) is 20.2 Å². The molecule has 0 aromatic carbocycles. The number of ether oxygens (including phenoxy) is 1. The van der Waals surface area contributed by atoms with Crippen molar-refractivity contribution in [2.24, 2.45) is 5.73 Å². The van der Waals surface area contributed by atoms with Gasteiger partial charge in [-0.3, -0.25) is 0 Å². The first-order chi connectivity index (χ1) is 6.38. The second-order valence-corrected chi connectivity index (χ2v) is 3.38. The van der Waals surface area contributed by atoms with Gasteiger partial charge < -0.3 is 10.5 Å². The molecule has 74 valence electrons. The standard InChI is InChI=1S/C6H13N5OS/c1-12-4-5-13-6-8-9-10-11(6)3-2-7/h2-5,7H2,1H3. The lowest BCUT2D eigenvalue weighted by molar-refractivity contribution is 0.218. The second-order valence-electron chi connectivity index (χ2n) is 2.31. The van der Waals surface area contributed by atoms with E-state index < -0.39 is 0 Å². The summed E-state index contributed by atoms with van der Waals surface area (Å²) < 4.78 is 6.61. The van der Waals surface area contributed by atoms with Crippen molar-refractivity contribution in [1.29, 1.82) is 0 Å². The Morgan fingerprint density at radius 3 is 3.15 bits per heavy atom. The fraction of sp³-hybridized carbons (Fsp3) is 0.833. The van der Waals surface area contributed by atoms with Gasteiger partial charge in [0.05, 0.1) is 13.2 Å². The van der Waals surface area contributed by atoms with E-state index in [-0.39, 0.29) is 0 Å². The maximum atomic E-state index is 5.39. The molecule has 0 unspecified atom stereocenters. The quantitative estimate of drug-likeness (QED) is 0.490. The minimum absolute atomic E-state index is 0.545. The molecule has 7 heteroatoms. The Balaban J connectivity index is 2.40. The van der Waals surface area contributed by atoms with Crippen molar-refractivity contribution in [3.8, 4) is 0 Å². The van der Waals surface area contributed by atoms with Gasteiger partial charge in [0.25, 0.3) is 0 Å². The van der Waals surface area contributed by atoms with E-state index in [4.69, 9.17) is 10.5 Å². The molecule has 0 saturated heterocycles. The molecule has 0 amide bonds. The average Bonchev–Trinajstić information content (AvgIpc) is 2.54. The molecule has 6 nitrogen and oxygen atoms in total. The first-order valence-electron chi connectivity index (χ1n) is 3.96. The third kappa shape index (κ3) is 3.29. The smallest absolute Gasteiger partial charge is 0.209 e. The number of thioether (sulfide) groups is 1. The first-order valence-corrected chi connectivity index (χ1v) is 4.95. The number of hydrogen-bond donors (Lipinski definition) is 1. The van der Waals surface area contributed by atoms with E-state index in [1.54, 1.807) is 23.6 Å². The maximum absolute atomic E-state index is 5.39. The second kappa shape index (κ2) is 5.90. The molecule has 0 saturated carbocycles. The third-order valence-corrected chi connectivity index (χ3v) is 2.28. The summed E-state index contributed by atoms with van der Waals surface area (Å²) in [5, 5.41) is 12.0. The van der Waals surface area contributed by atoms with Crippen molar-refractivity contribution in [2.45, 2.75) is 11.7 Å². The molecule has 1 aromatic heterocycles. The summed E-state index contributed by atoms with van der Waals surface area (Å²) in [6.45, 7) is 1.89. The molecule has 2 N–H and O–H groups in total. The molecule has 0 fully saturated rings. The van der Waals surface area contributed by atoms with E-state index in [1.165, 1.54) is 0 Å². The Morgan fingerprint density at radius 1 is 1.62 bits per heavy atom. The van der Waals surface area contributed by atoms with Crippen LogP contribution in [0.4, 0.5) is 0 Å². The first kappa shape index (κ1) is 10.4. The highest BCUT2D eigenvalue weighted by Gasteiger charge is 2.04. The van der Waals surface area contributed by atoms with E-state index in [0.29, 0.717) is 19.7 Å². The summed E-state index contributed by atoms with van der Waals surface area (Å²) in [5.41, 5.74) is 5.39. The molecule has 0 atom stereocenters. The third-order valence-electron chi connectivity index (χ3n) is 1.36. The summed E-state index contributed by atoms with van der Waals surface area (Å²) in [6.07, 6.45) is 0. The van der Waals surface area contributed by atoms with Crippen molar-refractivity contribution in [2.75, 3.05) is 26.0 Å². The van der Waals surface area contributed by atoms with Crippen LogP contribution in [-0.2, 0) is 11.3 Å². The molecule has 1 heterocycles. The van der Waals surface area contributed by atoms with Gasteiger partial charge in [0.1, 0.15) is 0 Å². The van der Waals surface area contributed by atoms with Gasteiger partial charge in [0, 0.05) is 19.4 Å². The Bertz CT molecular complexity index is 241. The lowest BCUT2D eigenvalue weighted by Crippen LogP contribution is -2.12. The zero-order chi connectivity index (χ0) is 9.52. The molecular formula is C6H13N5OS. The van der Waals surface area contributed by atoms with Crippen molar-refractivity contribution < 1.29 is 4.74 Å². The number of nitrogens with two attached hydrogens (primary N) is 1. The van der Waals surface area contributed by atoms with Gasteiger partial charge in [0.15, 0.2) is 0 Å². The molecule has 0 aliphatic carbocycles. The number of rotatable bonds is 6. The fourth-order valence-electron chi connectivity index (χ4n) is 0.779. The zero-order valence-electron chi connectivity index (χ0n) is 7.51. The van der Waals surface area contributed by atoms with Crippen molar-refractivity contribution >= 4 is 11.8 Å². The van der Waals surface area contributed by atoms with Crippen LogP contribution in [0.25, 0.3) is 0 Å². The summed E-state index contributed by atoms with van der Waals surface area (Å²) in [6, 6.07) is 0. The molecule has 13 heavy (non-hydrogen) atoms. The van der Waals surface area contributed by atoms with Crippen LogP contribution in [0.1, 0.15) is 0 Å². The molecule has 0 aliphatic heterocycles. The molecule has 0 bridgehead atoms. The summed E-state index contributed by atoms with van der Waals surface area (Å²) in [7, 11) is 1.67. The van der Waals surface area contributed by atoms with Gasteiger partial charge in [-0.25, -0.2) is 4.68 Å². The Labute approximate surface area is 80.8 Å².